The van der Waals surface area contributed by atoms with Crippen LogP contribution in [-0.4, -0.2) is 28.6 Å². The number of carboxylic acids is 1. The average molecular weight is 237 g/mol. The molecule has 0 spiro atoms. The summed E-state index contributed by atoms with van der Waals surface area (Å²) in [6.07, 6.45) is 3.84. The Labute approximate surface area is 101 Å². The molecule has 0 amide bonds. The van der Waals surface area contributed by atoms with Crippen LogP contribution in [0.1, 0.15) is 42.8 Å². The minimum absolute atomic E-state index is 0.291. The Morgan fingerprint density at radius 3 is 3.06 bits per heavy atom. The quantitative estimate of drug-likeness (QED) is 0.874. The number of furan rings is 1. The van der Waals surface area contributed by atoms with Gasteiger partial charge in [-0.05, 0) is 31.4 Å². The van der Waals surface area contributed by atoms with E-state index in [0.717, 1.165) is 6.54 Å². The van der Waals surface area contributed by atoms with Crippen molar-refractivity contribution in [1.29, 1.82) is 0 Å². The standard InChI is InChI=1S/C13H19NO3/c1-9(2)11-4-3-6-14(11)8-12-10(13(15)16)5-7-17-12/h5,7,9,11H,3-4,6,8H2,1-2H3,(H,15,16). The summed E-state index contributed by atoms with van der Waals surface area (Å²) >= 11 is 0. The van der Waals surface area contributed by atoms with E-state index in [4.69, 9.17) is 9.52 Å². The van der Waals surface area contributed by atoms with Crippen LogP contribution in [0.4, 0.5) is 0 Å². The van der Waals surface area contributed by atoms with E-state index in [1.165, 1.54) is 25.2 Å². The number of carboxylic acid groups (broad SMARTS) is 1. The Morgan fingerprint density at radius 1 is 1.65 bits per heavy atom. The SMILES string of the molecule is CC(C)C1CCCN1Cc1occc1C(=O)O. The van der Waals surface area contributed by atoms with Crippen molar-refractivity contribution in [3.8, 4) is 0 Å². The summed E-state index contributed by atoms with van der Waals surface area (Å²) in [6, 6.07) is 2.07. The van der Waals surface area contributed by atoms with Crippen molar-refractivity contribution in [3.63, 3.8) is 0 Å². The van der Waals surface area contributed by atoms with Gasteiger partial charge in [-0.3, -0.25) is 4.90 Å². The van der Waals surface area contributed by atoms with E-state index in [1.807, 2.05) is 0 Å². The normalized spacial score (nSPS) is 21.2. The van der Waals surface area contributed by atoms with Gasteiger partial charge in [-0.25, -0.2) is 4.79 Å². The second-order valence-corrected chi connectivity index (χ2v) is 4.99. The molecule has 0 aromatic carbocycles. The number of aromatic carboxylic acids is 1. The zero-order valence-electron chi connectivity index (χ0n) is 10.3. The van der Waals surface area contributed by atoms with Crippen molar-refractivity contribution in [1.82, 2.24) is 4.90 Å². The maximum absolute atomic E-state index is 11.0. The summed E-state index contributed by atoms with van der Waals surface area (Å²) in [5.41, 5.74) is 0.291. The molecular weight excluding hydrogens is 218 g/mol. The van der Waals surface area contributed by atoms with E-state index in [9.17, 15) is 4.79 Å². The predicted molar refractivity (Wildman–Crippen MR) is 63.9 cm³/mol. The minimum atomic E-state index is -0.908. The van der Waals surface area contributed by atoms with Crippen LogP contribution in [-0.2, 0) is 6.54 Å². The van der Waals surface area contributed by atoms with Crippen molar-refractivity contribution in [2.24, 2.45) is 5.92 Å². The van der Waals surface area contributed by atoms with Crippen LogP contribution in [0, 0.1) is 5.92 Å². The van der Waals surface area contributed by atoms with E-state index in [2.05, 4.69) is 18.7 Å². The Balaban J connectivity index is 2.10. The second-order valence-electron chi connectivity index (χ2n) is 4.99. The Morgan fingerprint density at radius 2 is 2.41 bits per heavy atom. The maximum Gasteiger partial charge on any atom is 0.339 e. The fourth-order valence-corrected chi connectivity index (χ4v) is 2.64. The van der Waals surface area contributed by atoms with Gasteiger partial charge in [0.15, 0.2) is 0 Å². The largest absolute Gasteiger partial charge is 0.478 e. The van der Waals surface area contributed by atoms with Crippen LogP contribution in [0.25, 0.3) is 0 Å². The summed E-state index contributed by atoms with van der Waals surface area (Å²) in [5, 5.41) is 9.03. The molecule has 2 rings (SSSR count). The zero-order chi connectivity index (χ0) is 12.4. The third kappa shape index (κ3) is 2.52. The van der Waals surface area contributed by atoms with Crippen molar-refractivity contribution in [2.45, 2.75) is 39.3 Å². The molecule has 1 unspecified atom stereocenters. The van der Waals surface area contributed by atoms with E-state index < -0.39 is 5.97 Å². The molecule has 4 heteroatoms. The van der Waals surface area contributed by atoms with Gasteiger partial charge < -0.3 is 9.52 Å². The summed E-state index contributed by atoms with van der Waals surface area (Å²) in [5.74, 6) is 0.264. The number of nitrogens with zero attached hydrogens (tertiary/aromatic N) is 1. The first-order chi connectivity index (χ1) is 8.09. The van der Waals surface area contributed by atoms with Crippen LogP contribution in [0.3, 0.4) is 0 Å². The third-order valence-electron chi connectivity index (χ3n) is 3.51. The van der Waals surface area contributed by atoms with Crippen molar-refractivity contribution in [3.05, 3.63) is 23.7 Å². The van der Waals surface area contributed by atoms with Gasteiger partial charge in [-0.15, -0.1) is 0 Å². The number of hydrogen-bond donors (Lipinski definition) is 1. The van der Waals surface area contributed by atoms with Gasteiger partial charge in [0.1, 0.15) is 11.3 Å². The number of rotatable bonds is 4. The molecule has 0 aliphatic carbocycles. The molecule has 2 heterocycles. The molecule has 1 saturated heterocycles. The molecular formula is C13H19NO3. The first-order valence-electron chi connectivity index (χ1n) is 6.13. The van der Waals surface area contributed by atoms with Gasteiger partial charge in [0.25, 0.3) is 0 Å². The lowest BCUT2D eigenvalue weighted by Crippen LogP contribution is -2.33. The van der Waals surface area contributed by atoms with Gasteiger partial charge >= 0.3 is 5.97 Å². The topological polar surface area (TPSA) is 53.7 Å². The highest BCUT2D eigenvalue weighted by Gasteiger charge is 2.28. The van der Waals surface area contributed by atoms with Crippen LogP contribution >= 0.6 is 0 Å². The summed E-state index contributed by atoms with van der Waals surface area (Å²) < 4.78 is 5.29. The van der Waals surface area contributed by atoms with Gasteiger partial charge in [0.2, 0.25) is 0 Å². The Kier molecular flexibility index (Phi) is 3.52. The molecule has 1 aromatic rings. The Bertz CT molecular complexity index is 397. The maximum atomic E-state index is 11.0. The van der Waals surface area contributed by atoms with E-state index in [0.29, 0.717) is 29.8 Å². The summed E-state index contributed by atoms with van der Waals surface area (Å²) in [6.45, 7) is 6.06. The molecule has 1 fully saturated rings. The fraction of sp³-hybridized carbons (Fsp3) is 0.615. The highest BCUT2D eigenvalue weighted by atomic mass is 16.4. The summed E-state index contributed by atoms with van der Waals surface area (Å²) in [7, 11) is 0. The van der Waals surface area contributed by atoms with Crippen LogP contribution in [0.5, 0.6) is 0 Å². The monoisotopic (exact) mass is 237 g/mol. The smallest absolute Gasteiger partial charge is 0.339 e. The summed E-state index contributed by atoms with van der Waals surface area (Å²) in [4.78, 5) is 13.3. The molecule has 0 saturated carbocycles. The molecule has 94 valence electrons. The molecule has 17 heavy (non-hydrogen) atoms. The number of hydrogen-bond acceptors (Lipinski definition) is 3. The molecule has 1 aliphatic heterocycles. The Hall–Kier alpha value is -1.29. The molecule has 1 atom stereocenters. The van der Waals surface area contributed by atoms with E-state index >= 15 is 0 Å². The fourth-order valence-electron chi connectivity index (χ4n) is 2.64. The lowest BCUT2D eigenvalue weighted by molar-refractivity contribution is 0.0691. The lowest BCUT2D eigenvalue weighted by Gasteiger charge is -2.26. The number of carbonyl (C=O) groups is 1. The molecule has 4 nitrogen and oxygen atoms in total. The van der Waals surface area contributed by atoms with Crippen LogP contribution in [0.15, 0.2) is 16.7 Å². The van der Waals surface area contributed by atoms with Crippen molar-refractivity contribution < 1.29 is 14.3 Å². The van der Waals surface area contributed by atoms with Crippen molar-refractivity contribution in [2.75, 3.05) is 6.54 Å². The molecule has 0 bridgehead atoms. The number of likely N-dealkylation sites (tertiary alicyclic amines) is 1. The zero-order valence-corrected chi connectivity index (χ0v) is 10.3. The minimum Gasteiger partial charge on any atom is -0.478 e. The highest BCUT2D eigenvalue weighted by Crippen LogP contribution is 2.26. The highest BCUT2D eigenvalue weighted by molar-refractivity contribution is 5.88. The molecule has 1 aliphatic rings. The van der Waals surface area contributed by atoms with E-state index in [1.54, 1.807) is 0 Å². The molecule has 1 aromatic heterocycles. The van der Waals surface area contributed by atoms with Gasteiger partial charge in [-0.1, -0.05) is 13.8 Å². The van der Waals surface area contributed by atoms with E-state index in [-0.39, 0.29) is 0 Å². The van der Waals surface area contributed by atoms with Crippen LogP contribution in [0.2, 0.25) is 0 Å². The van der Waals surface area contributed by atoms with Gasteiger partial charge in [-0.2, -0.15) is 0 Å². The molecule has 0 radical (unpaired) electrons. The average Bonchev–Trinajstić information content (AvgIpc) is 2.86. The first kappa shape index (κ1) is 12.2. The van der Waals surface area contributed by atoms with Crippen LogP contribution < -0.4 is 0 Å². The lowest BCUT2D eigenvalue weighted by atomic mass is 10.0. The first-order valence-corrected chi connectivity index (χ1v) is 6.13. The molecule has 1 N–H and O–H groups in total. The van der Waals surface area contributed by atoms with Crippen molar-refractivity contribution >= 4 is 5.97 Å². The third-order valence-corrected chi connectivity index (χ3v) is 3.51. The predicted octanol–water partition coefficient (Wildman–Crippen LogP) is 2.60. The second kappa shape index (κ2) is 4.92. The van der Waals surface area contributed by atoms with Gasteiger partial charge in [0, 0.05) is 6.04 Å². The van der Waals surface area contributed by atoms with Gasteiger partial charge in [0.05, 0.1) is 12.8 Å².